The van der Waals surface area contributed by atoms with E-state index in [0.717, 1.165) is 37.3 Å². The summed E-state index contributed by atoms with van der Waals surface area (Å²) < 4.78 is 13.2. The van der Waals surface area contributed by atoms with Crippen molar-refractivity contribution >= 4 is 17.5 Å². The maximum absolute atomic E-state index is 12.9. The van der Waals surface area contributed by atoms with Gasteiger partial charge in [-0.3, -0.25) is 4.79 Å². The number of nitrogens with zero attached hydrogens (tertiary/aromatic N) is 8. The van der Waals surface area contributed by atoms with E-state index in [-0.39, 0.29) is 17.4 Å². The molecule has 41 heavy (non-hydrogen) atoms. The maximum Gasteiger partial charge on any atom is 0.254 e. The van der Waals surface area contributed by atoms with E-state index in [9.17, 15) is 10.1 Å². The Balaban J connectivity index is 1.13. The number of ether oxygens (including phenoxy) is 2. The minimum Gasteiger partial charge on any atom is -0.495 e. The summed E-state index contributed by atoms with van der Waals surface area (Å²) in [7, 11) is 1.56. The second-order valence-corrected chi connectivity index (χ2v) is 10.4. The number of carbonyl (C=O) groups excluding carboxylic acids is 1. The van der Waals surface area contributed by atoms with Gasteiger partial charge in [-0.25, -0.2) is 14.6 Å². The number of rotatable bonds is 9. The minimum atomic E-state index is -0.275. The van der Waals surface area contributed by atoms with E-state index in [2.05, 4.69) is 42.2 Å². The predicted molar refractivity (Wildman–Crippen MR) is 148 cm³/mol. The summed E-state index contributed by atoms with van der Waals surface area (Å²) in [5.74, 6) is 1.34. The molecule has 4 aromatic rings. The van der Waals surface area contributed by atoms with Crippen molar-refractivity contribution in [3.05, 3.63) is 66.2 Å². The lowest BCUT2D eigenvalue weighted by Gasteiger charge is -2.56. The lowest BCUT2D eigenvalue weighted by atomic mass is 9.74. The number of tetrazole rings is 1. The van der Waals surface area contributed by atoms with Gasteiger partial charge in [0.25, 0.3) is 5.91 Å². The Hall–Kier alpha value is -5.09. The molecule has 2 aromatic carbocycles. The first kappa shape index (κ1) is 26.1. The van der Waals surface area contributed by atoms with Crippen LogP contribution in [0.25, 0.3) is 11.1 Å². The third-order valence-corrected chi connectivity index (χ3v) is 7.29. The molecule has 1 atom stereocenters. The third kappa shape index (κ3) is 5.37. The number of hydrogen-bond acceptors (Lipinski definition) is 11. The number of amides is 1. The first-order valence-corrected chi connectivity index (χ1v) is 13.1. The molecule has 6 rings (SSSR count). The van der Waals surface area contributed by atoms with Gasteiger partial charge in [-0.15, -0.1) is 5.10 Å². The molecule has 1 amide bonds. The molecule has 2 aromatic heterocycles. The Labute approximate surface area is 236 Å². The number of nitrogens with one attached hydrogen (secondary N) is 2. The van der Waals surface area contributed by atoms with Crippen LogP contribution in [0.5, 0.6) is 11.5 Å². The zero-order valence-electron chi connectivity index (χ0n) is 22.6. The fourth-order valence-electron chi connectivity index (χ4n) is 5.05. The highest BCUT2D eigenvalue weighted by atomic mass is 16.5. The molecular weight excluding hydrogens is 524 g/mol. The SMILES string of the molecule is COc1cc(C(=O)N2CC3(CNC3)C2)ccc1Nc1ncc(-c2ccc(C#N)c(O[C@@H](C)Cn3cnnn3)c2)cn1. The standard InChI is InChI=1S/C28H28N10O3/c1-18(12-38-17-33-35-36-38)41-24-7-19(3-4-21(24)9-29)22-10-31-27(32-11-22)34-23-6-5-20(8-25(23)40-2)26(39)37-15-28(16-37)13-30-14-28/h3-8,10-11,17-18,30H,12-16H2,1-2H3,(H,31,32,34)/t18-/m0/s1. The molecule has 0 bridgehead atoms. The average Bonchev–Trinajstić information content (AvgIpc) is 3.45. The number of anilines is 2. The molecule has 0 aliphatic carbocycles. The van der Waals surface area contributed by atoms with E-state index in [1.54, 1.807) is 54.5 Å². The van der Waals surface area contributed by atoms with Crippen LogP contribution >= 0.6 is 0 Å². The molecule has 1 spiro atoms. The fourth-order valence-corrected chi connectivity index (χ4v) is 5.05. The summed E-state index contributed by atoms with van der Waals surface area (Å²) in [6.07, 6.45) is 4.60. The van der Waals surface area contributed by atoms with Crippen LogP contribution in [0.4, 0.5) is 11.6 Å². The van der Waals surface area contributed by atoms with E-state index in [0.29, 0.717) is 40.8 Å². The molecule has 2 N–H and O–H groups in total. The first-order chi connectivity index (χ1) is 19.9. The van der Waals surface area contributed by atoms with Gasteiger partial charge in [0, 0.05) is 55.1 Å². The van der Waals surface area contributed by atoms with Crippen LogP contribution < -0.4 is 20.1 Å². The Morgan fingerprint density at radius 2 is 1.95 bits per heavy atom. The number of likely N-dealkylation sites (tertiary alicyclic amines) is 1. The van der Waals surface area contributed by atoms with Gasteiger partial charge in [0.15, 0.2) is 0 Å². The van der Waals surface area contributed by atoms with Gasteiger partial charge < -0.3 is 25.0 Å². The quantitative estimate of drug-likeness (QED) is 0.314. The van der Waals surface area contributed by atoms with Crippen molar-refractivity contribution < 1.29 is 14.3 Å². The molecule has 13 nitrogen and oxygen atoms in total. The Morgan fingerprint density at radius 3 is 2.61 bits per heavy atom. The molecule has 13 heteroatoms. The van der Waals surface area contributed by atoms with Gasteiger partial charge in [0.2, 0.25) is 5.95 Å². The second kappa shape index (κ2) is 10.8. The van der Waals surface area contributed by atoms with Gasteiger partial charge in [-0.05, 0) is 53.2 Å². The van der Waals surface area contributed by atoms with Crippen LogP contribution in [0.2, 0.25) is 0 Å². The lowest BCUT2D eigenvalue weighted by Crippen LogP contribution is -2.71. The van der Waals surface area contributed by atoms with Crippen molar-refractivity contribution in [1.29, 1.82) is 5.26 Å². The Kier molecular flexibility index (Phi) is 6.90. The van der Waals surface area contributed by atoms with Crippen molar-refractivity contribution in [2.24, 2.45) is 5.41 Å². The van der Waals surface area contributed by atoms with Crippen molar-refractivity contribution in [2.75, 3.05) is 38.6 Å². The zero-order chi connectivity index (χ0) is 28.4. The number of nitriles is 1. The highest BCUT2D eigenvalue weighted by Crippen LogP contribution is 2.36. The van der Waals surface area contributed by atoms with Gasteiger partial charge in [0.05, 0.1) is 24.9 Å². The molecule has 208 valence electrons. The number of methoxy groups -OCH3 is 1. The van der Waals surface area contributed by atoms with Crippen LogP contribution in [0.3, 0.4) is 0 Å². The van der Waals surface area contributed by atoms with Crippen LogP contribution in [0, 0.1) is 16.7 Å². The summed E-state index contributed by atoms with van der Waals surface area (Å²) in [4.78, 5) is 23.7. The normalized spacial score (nSPS) is 15.8. The van der Waals surface area contributed by atoms with E-state index >= 15 is 0 Å². The van der Waals surface area contributed by atoms with Crippen LogP contribution in [-0.2, 0) is 6.54 Å². The largest absolute Gasteiger partial charge is 0.495 e. The fraction of sp³-hybridized carbons (Fsp3) is 0.321. The van der Waals surface area contributed by atoms with E-state index in [4.69, 9.17) is 9.47 Å². The van der Waals surface area contributed by atoms with Crippen LogP contribution in [0.1, 0.15) is 22.8 Å². The summed E-state index contributed by atoms with van der Waals surface area (Å²) in [5.41, 5.74) is 3.46. The van der Waals surface area contributed by atoms with Gasteiger partial charge >= 0.3 is 0 Å². The smallest absolute Gasteiger partial charge is 0.254 e. The molecule has 2 fully saturated rings. The predicted octanol–water partition coefficient (Wildman–Crippen LogP) is 2.27. The molecule has 0 unspecified atom stereocenters. The monoisotopic (exact) mass is 552 g/mol. The average molecular weight is 553 g/mol. The van der Waals surface area contributed by atoms with Crippen LogP contribution in [0.15, 0.2) is 55.1 Å². The molecule has 2 aliphatic heterocycles. The van der Waals surface area contributed by atoms with Crippen LogP contribution in [-0.4, -0.2) is 80.4 Å². The summed E-state index contributed by atoms with van der Waals surface area (Å²) in [5, 5.41) is 27.1. The number of hydrogen-bond donors (Lipinski definition) is 2. The molecule has 2 aliphatic rings. The van der Waals surface area contributed by atoms with Gasteiger partial charge in [-0.2, -0.15) is 5.26 Å². The van der Waals surface area contributed by atoms with E-state index in [1.807, 2.05) is 17.9 Å². The van der Waals surface area contributed by atoms with Crippen molar-refractivity contribution in [3.63, 3.8) is 0 Å². The third-order valence-electron chi connectivity index (χ3n) is 7.29. The summed E-state index contributed by atoms with van der Waals surface area (Å²) in [6.45, 7) is 5.83. The topological polar surface area (TPSA) is 156 Å². The molecule has 0 saturated carbocycles. The second-order valence-electron chi connectivity index (χ2n) is 10.4. The molecular formula is C28H28N10O3. The summed E-state index contributed by atoms with van der Waals surface area (Å²) in [6, 6.07) is 12.8. The van der Waals surface area contributed by atoms with E-state index in [1.165, 1.54) is 6.33 Å². The Morgan fingerprint density at radius 1 is 1.15 bits per heavy atom. The van der Waals surface area contributed by atoms with Gasteiger partial charge in [0.1, 0.15) is 30.0 Å². The number of aromatic nitrogens is 6. The van der Waals surface area contributed by atoms with Gasteiger partial charge in [-0.1, -0.05) is 6.07 Å². The minimum absolute atomic E-state index is 0.00328. The number of carbonyl (C=O) groups is 1. The maximum atomic E-state index is 12.9. The first-order valence-electron chi connectivity index (χ1n) is 13.1. The summed E-state index contributed by atoms with van der Waals surface area (Å²) >= 11 is 0. The molecule has 4 heterocycles. The number of benzene rings is 2. The van der Waals surface area contributed by atoms with Crippen molar-refractivity contribution in [3.8, 4) is 28.7 Å². The molecule has 0 radical (unpaired) electrons. The zero-order valence-corrected chi connectivity index (χ0v) is 22.6. The van der Waals surface area contributed by atoms with Crippen molar-refractivity contribution in [2.45, 2.75) is 19.6 Å². The lowest BCUT2D eigenvalue weighted by molar-refractivity contribution is -0.0248. The van der Waals surface area contributed by atoms with E-state index < -0.39 is 0 Å². The molecule has 2 saturated heterocycles. The highest BCUT2D eigenvalue weighted by molar-refractivity contribution is 5.96. The highest BCUT2D eigenvalue weighted by Gasteiger charge is 2.49. The Bertz CT molecular complexity index is 1590. The van der Waals surface area contributed by atoms with Crippen molar-refractivity contribution in [1.82, 2.24) is 40.4 Å².